The van der Waals surface area contributed by atoms with E-state index in [0.29, 0.717) is 25.5 Å². The Labute approximate surface area is 167 Å². The van der Waals surface area contributed by atoms with Crippen LogP contribution in [-0.4, -0.2) is 55.6 Å². The fraction of sp³-hybridized carbons (Fsp3) is 0.619. The van der Waals surface area contributed by atoms with Crippen LogP contribution in [0.1, 0.15) is 46.2 Å². The molecule has 1 aromatic carbocycles. The molecule has 1 atom stereocenters. The molecule has 0 unspecified atom stereocenters. The van der Waals surface area contributed by atoms with Crippen molar-refractivity contribution in [3.05, 3.63) is 23.8 Å². The van der Waals surface area contributed by atoms with E-state index in [-0.39, 0.29) is 42.9 Å². The minimum Gasteiger partial charge on any atom is -0.486 e. The Balaban J connectivity index is 2.01. The molecule has 0 saturated carbocycles. The number of hydrogen-bond acceptors (Lipinski definition) is 5. The number of hydrogen-bond donors (Lipinski definition) is 2. The maximum Gasteiger partial charge on any atom is 0.234 e. The van der Waals surface area contributed by atoms with Gasteiger partial charge >= 0.3 is 0 Å². The van der Waals surface area contributed by atoms with Crippen molar-refractivity contribution in [1.82, 2.24) is 15.5 Å². The van der Waals surface area contributed by atoms with Crippen LogP contribution in [0.15, 0.2) is 18.2 Å². The molecule has 156 valence electrons. The molecule has 0 saturated heterocycles. The standard InChI is InChI=1S/C21H33N3O4/c1-6-24(12-19(25)22-15(4)5)13-20(26)23-21(14(2)3)16-7-8-17-18(11-16)28-10-9-27-17/h7-8,11,14-15,21H,6,9-10,12-13H2,1-5H3,(H,22,25)(H,23,26)/t21-/m1/s1. The molecule has 1 heterocycles. The number of ether oxygens (including phenoxy) is 2. The molecule has 0 bridgehead atoms. The van der Waals surface area contributed by atoms with Gasteiger partial charge in [-0.05, 0) is 44.0 Å². The summed E-state index contributed by atoms with van der Waals surface area (Å²) in [6.07, 6.45) is 0. The summed E-state index contributed by atoms with van der Waals surface area (Å²) in [7, 11) is 0. The van der Waals surface area contributed by atoms with Gasteiger partial charge in [-0.2, -0.15) is 0 Å². The number of carbonyl (C=O) groups excluding carboxylic acids is 2. The first-order valence-electron chi connectivity index (χ1n) is 10.0. The normalized spacial score (nSPS) is 14.3. The van der Waals surface area contributed by atoms with Gasteiger partial charge in [0, 0.05) is 6.04 Å². The van der Waals surface area contributed by atoms with Crippen LogP contribution in [0, 0.1) is 5.92 Å². The van der Waals surface area contributed by atoms with Crippen LogP contribution in [0.4, 0.5) is 0 Å². The van der Waals surface area contributed by atoms with E-state index in [9.17, 15) is 9.59 Å². The first-order chi connectivity index (χ1) is 13.3. The SMILES string of the molecule is CCN(CC(=O)NC(C)C)CC(=O)N[C@@H](c1ccc2c(c1)OCCO2)C(C)C. The highest BCUT2D eigenvalue weighted by molar-refractivity contribution is 5.81. The van der Waals surface area contributed by atoms with Crippen LogP contribution in [0.5, 0.6) is 11.5 Å². The van der Waals surface area contributed by atoms with E-state index in [4.69, 9.17) is 9.47 Å². The zero-order valence-corrected chi connectivity index (χ0v) is 17.6. The molecule has 2 N–H and O–H groups in total. The van der Waals surface area contributed by atoms with Crippen molar-refractivity contribution in [1.29, 1.82) is 0 Å². The molecular formula is C21H33N3O4. The number of nitrogens with zero attached hydrogens (tertiary/aromatic N) is 1. The molecule has 1 aliphatic rings. The van der Waals surface area contributed by atoms with Gasteiger partial charge in [-0.3, -0.25) is 14.5 Å². The molecule has 2 amide bonds. The molecule has 0 aliphatic carbocycles. The highest BCUT2D eigenvalue weighted by Crippen LogP contribution is 2.34. The first-order valence-corrected chi connectivity index (χ1v) is 10.0. The van der Waals surface area contributed by atoms with Crippen molar-refractivity contribution in [2.24, 2.45) is 5.92 Å². The van der Waals surface area contributed by atoms with Crippen molar-refractivity contribution in [3.8, 4) is 11.5 Å². The summed E-state index contributed by atoms with van der Waals surface area (Å²) >= 11 is 0. The van der Waals surface area contributed by atoms with E-state index in [1.54, 1.807) is 0 Å². The largest absolute Gasteiger partial charge is 0.486 e. The van der Waals surface area contributed by atoms with Crippen LogP contribution in [0.2, 0.25) is 0 Å². The summed E-state index contributed by atoms with van der Waals surface area (Å²) < 4.78 is 11.2. The number of fused-ring (bicyclic) bond motifs is 1. The van der Waals surface area contributed by atoms with E-state index >= 15 is 0 Å². The number of carbonyl (C=O) groups is 2. The van der Waals surface area contributed by atoms with E-state index in [1.165, 1.54) is 0 Å². The first kappa shape index (κ1) is 22.0. The third kappa shape index (κ3) is 6.41. The van der Waals surface area contributed by atoms with Gasteiger partial charge in [-0.15, -0.1) is 0 Å². The molecule has 1 aromatic rings. The fourth-order valence-corrected chi connectivity index (χ4v) is 3.16. The van der Waals surface area contributed by atoms with Crippen molar-refractivity contribution in [2.45, 2.75) is 46.7 Å². The van der Waals surface area contributed by atoms with Crippen LogP contribution in [0.3, 0.4) is 0 Å². The molecule has 0 radical (unpaired) electrons. The molecule has 7 nitrogen and oxygen atoms in total. The van der Waals surface area contributed by atoms with Crippen LogP contribution in [0.25, 0.3) is 0 Å². The van der Waals surface area contributed by atoms with E-state index in [2.05, 4.69) is 24.5 Å². The van der Waals surface area contributed by atoms with Gasteiger partial charge in [0.2, 0.25) is 11.8 Å². The molecule has 2 rings (SSSR count). The second-order valence-corrected chi connectivity index (χ2v) is 7.72. The molecule has 0 spiro atoms. The van der Waals surface area contributed by atoms with Crippen molar-refractivity contribution in [3.63, 3.8) is 0 Å². The van der Waals surface area contributed by atoms with E-state index < -0.39 is 0 Å². The number of benzene rings is 1. The van der Waals surface area contributed by atoms with Gasteiger partial charge < -0.3 is 20.1 Å². The quantitative estimate of drug-likeness (QED) is 0.674. The predicted octanol–water partition coefficient (Wildman–Crippen LogP) is 2.12. The van der Waals surface area contributed by atoms with Crippen LogP contribution >= 0.6 is 0 Å². The lowest BCUT2D eigenvalue weighted by atomic mass is 9.95. The van der Waals surface area contributed by atoms with Crippen LogP contribution in [-0.2, 0) is 9.59 Å². The van der Waals surface area contributed by atoms with E-state index in [0.717, 1.165) is 11.3 Å². The summed E-state index contributed by atoms with van der Waals surface area (Å²) in [6, 6.07) is 5.73. The Bertz CT molecular complexity index is 676. The zero-order valence-electron chi connectivity index (χ0n) is 17.6. The average molecular weight is 392 g/mol. The smallest absolute Gasteiger partial charge is 0.234 e. The van der Waals surface area contributed by atoms with Gasteiger partial charge in [0.05, 0.1) is 19.1 Å². The maximum atomic E-state index is 12.7. The Morgan fingerprint density at radius 1 is 1.00 bits per heavy atom. The topological polar surface area (TPSA) is 79.9 Å². The third-order valence-corrected chi connectivity index (χ3v) is 4.54. The number of amides is 2. The molecule has 1 aliphatic heterocycles. The summed E-state index contributed by atoms with van der Waals surface area (Å²) in [5.74, 6) is 1.47. The average Bonchev–Trinajstić information content (AvgIpc) is 2.64. The highest BCUT2D eigenvalue weighted by Gasteiger charge is 2.22. The van der Waals surface area contributed by atoms with Gasteiger partial charge in [-0.25, -0.2) is 0 Å². The Morgan fingerprint density at radius 3 is 2.18 bits per heavy atom. The molecule has 7 heteroatoms. The zero-order chi connectivity index (χ0) is 20.7. The lowest BCUT2D eigenvalue weighted by Gasteiger charge is -2.27. The van der Waals surface area contributed by atoms with Crippen molar-refractivity contribution >= 4 is 11.8 Å². The summed E-state index contributed by atoms with van der Waals surface area (Å²) in [4.78, 5) is 26.5. The van der Waals surface area contributed by atoms with Gasteiger partial charge in [0.25, 0.3) is 0 Å². The predicted molar refractivity (Wildman–Crippen MR) is 109 cm³/mol. The fourth-order valence-electron chi connectivity index (χ4n) is 3.16. The molecular weight excluding hydrogens is 358 g/mol. The van der Waals surface area contributed by atoms with E-state index in [1.807, 2.05) is 43.9 Å². The van der Waals surface area contributed by atoms with Gasteiger partial charge in [0.1, 0.15) is 13.2 Å². The maximum absolute atomic E-state index is 12.7. The summed E-state index contributed by atoms with van der Waals surface area (Å²) in [5.41, 5.74) is 0.980. The Kier molecular flexibility index (Phi) is 8.11. The Morgan fingerprint density at radius 2 is 1.61 bits per heavy atom. The Hall–Kier alpha value is -2.28. The molecule has 0 aromatic heterocycles. The summed E-state index contributed by atoms with van der Waals surface area (Å²) in [5, 5.41) is 5.97. The number of nitrogens with one attached hydrogen (secondary N) is 2. The lowest BCUT2D eigenvalue weighted by Crippen LogP contribution is -2.45. The van der Waals surface area contributed by atoms with Gasteiger partial charge in [-0.1, -0.05) is 26.8 Å². The summed E-state index contributed by atoms with van der Waals surface area (Å²) in [6.45, 7) is 12.0. The highest BCUT2D eigenvalue weighted by atomic mass is 16.6. The monoisotopic (exact) mass is 391 g/mol. The lowest BCUT2D eigenvalue weighted by molar-refractivity contribution is -0.125. The minimum absolute atomic E-state index is 0.0723. The van der Waals surface area contributed by atoms with Crippen molar-refractivity contribution in [2.75, 3.05) is 32.8 Å². The van der Waals surface area contributed by atoms with Crippen molar-refractivity contribution < 1.29 is 19.1 Å². The second kappa shape index (κ2) is 10.3. The molecule has 28 heavy (non-hydrogen) atoms. The van der Waals surface area contributed by atoms with Crippen LogP contribution < -0.4 is 20.1 Å². The third-order valence-electron chi connectivity index (χ3n) is 4.54. The molecule has 0 fully saturated rings. The minimum atomic E-state index is -0.147. The second-order valence-electron chi connectivity index (χ2n) is 7.72. The number of rotatable bonds is 9. The van der Waals surface area contributed by atoms with Gasteiger partial charge in [0.15, 0.2) is 11.5 Å². The number of likely N-dealkylation sites (N-methyl/N-ethyl adjacent to an activating group) is 1.